The van der Waals surface area contributed by atoms with Crippen molar-refractivity contribution in [3.63, 3.8) is 0 Å². The van der Waals surface area contributed by atoms with E-state index in [1.807, 2.05) is 17.5 Å². The number of alkyl halides is 4. The molecule has 1 unspecified atom stereocenters. The Bertz CT molecular complexity index is 245. The number of rotatable bonds is 3. The molecule has 0 fully saturated rings. The van der Waals surface area contributed by atoms with Gasteiger partial charge >= 0.3 is 6.18 Å². The second kappa shape index (κ2) is 4.70. The van der Waals surface area contributed by atoms with Crippen molar-refractivity contribution in [2.45, 2.75) is 15.2 Å². The summed E-state index contributed by atoms with van der Waals surface area (Å²) in [5.74, 6) is 0.0179. The summed E-state index contributed by atoms with van der Waals surface area (Å²) in [6, 6.07) is 3.63. The van der Waals surface area contributed by atoms with Crippen LogP contribution in [0, 0.1) is 0 Å². The minimum atomic E-state index is -4.15. The summed E-state index contributed by atoms with van der Waals surface area (Å²) >= 11 is 5.27. The summed E-state index contributed by atoms with van der Waals surface area (Å²) in [5, 5.41) is 1.85. The molecule has 0 nitrogen and oxygen atoms in total. The first-order valence-corrected chi connectivity index (χ1v) is 6.15. The quantitative estimate of drug-likeness (QED) is 0.595. The molecule has 0 aliphatic heterocycles. The third-order valence-corrected chi connectivity index (χ3v) is 4.72. The Kier molecular flexibility index (Phi) is 4.12. The van der Waals surface area contributed by atoms with Crippen molar-refractivity contribution in [3.8, 4) is 0 Å². The van der Waals surface area contributed by atoms with E-state index >= 15 is 0 Å². The van der Waals surface area contributed by atoms with Crippen LogP contribution < -0.4 is 0 Å². The second-order valence-electron chi connectivity index (χ2n) is 2.25. The van der Waals surface area contributed by atoms with E-state index in [1.54, 1.807) is 0 Å². The Morgan fingerprint density at radius 2 is 2.23 bits per heavy atom. The molecular formula is C7H6BrF3S2. The third kappa shape index (κ3) is 3.91. The zero-order valence-electron chi connectivity index (χ0n) is 6.34. The van der Waals surface area contributed by atoms with Gasteiger partial charge in [0.05, 0.1) is 4.21 Å². The largest absolute Gasteiger partial charge is 0.402 e. The maximum atomic E-state index is 12.0. The van der Waals surface area contributed by atoms with Gasteiger partial charge in [-0.1, -0.05) is 22.0 Å². The minimum Gasteiger partial charge on any atom is -0.170 e. The van der Waals surface area contributed by atoms with E-state index in [2.05, 4.69) is 15.9 Å². The third-order valence-electron chi connectivity index (χ3n) is 1.22. The predicted octanol–water partition coefficient (Wildman–Crippen LogP) is 4.17. The number of hydrogen-bond acceptors (Lipinski definition) is 2. The monoisotopic (exact) mass is 290 g/mol. The summed E-state index contributed by atoms with van der Waals surface area (Å²) in [6.45, 7) is 0. The SMILES string of the molecule is FC(F)(F)C(Br)CSc1cccs1. The molecule has 0 spiro atoms. The molecule has 0 aromatic carbocycles. The Hall–Kier alpha value is 0.320. The standard InChI is InChI=1S/C7H6BrF3S2/c8-5(7(9,10)11)4-13-6-2-1-3-12-6/h1-3,5H,4H2. The smallest absolute Gasteiger partial charge is 0.170 e. The van der Waals surface area contributed by atoms with Crippen LogP contribution >= 0.6 is 39.0 Å². The lowest BCUT2D eigenvalue weighted by Crippen LogP contribution is -2.24. The highest BCUT2D eigenvalue weighted by Crippen LogP contribution is 2.32. The van der Waals surface area contributed by atoms with Gasteiger partial charge in [0.1, 0.15) is 4.83 Å². The maximum absolute atomic E-state index is 12.0. The van der Waals surface area contributed by atoms with Gasteiger partial charge in [0.15, 0.2) is 0 Å². The number of thioether (sulfide) groups is 1. The normalized spacial score (nSPS) is 14.5. The van der Waals surface area contributed by atoms with E-state index in [0.29, 0.717) is 0 Å². The first kappa shape index (κ1) is 11.4. The fraction of sp³-hybridized carbons (Fsp3) is 0.429. The van der Waals surface area contributed by atoms with E-state index in [-0.39, 0.29) is 5.75 Å². The molecule has 0 bridgehead atoms. The summed E-state index contributed by atoms with van der Waals surface area (Å²) in [6.07, 6.45) is -4.15. The van der Waals surface area contributed by atoms with Gasteiger partial charge in [-0.25, -0.2) is 0 Å². The average molecular weight is 291 g/mol. The lowest BCUT2D eigenvalue weighted by Gasteiger charge is -2.12. The molecule has 0 saturated heterocycles. The van der Waals surface area contributed by atoms with E-state index in [4.69, 9.17) is 0 Å². The topological polar surface area (TPSA) is 0 Å². The van der Waals surface area contributed by atoms with Crippen LogP contribution in [0.15, 0.2) is 21.7 Å². The molecule has 13 heavy (non-hydrogen) atoms. The molecule has 1 aromatic heterocycles. The molecule has 0 aliphatic rings. The molecule has 0 N–H and O–H groups in total. The maximum Gasteiger partial charge on any atom is 0.402 e. The van der Waals surface area contributed by atoms with Crippen molar-refractivity contribution in [2.24, 2.45) is 0 Å². The molecule has 1 heterocycles. The highest BCUT2D eigenvalue weighted by atomic mass is 79.9. The van der Waals surface area contributed by atoms with Crippen molar-refractivity contribution >= 4 is 39.0 Å². The predicted molar refractivity (Wildman–Crippen MR) is 53.8 cm³/mol. The molecule has 6 heteroatoms. The first-order valence-electron chi connectivity index (χ1n) is 3.37. The lowest BCUT2D eigenvalue weighted by molar-refractivity contribution is -0.122. The van der Waals surface area contributed by atoms with Gasteiger partial charge in [0.2, 0.25) is 0 Å². The first-order chi connectivity index (χ1) is 6.00. The Morgan fingerprint density at radius 3 is 2.69 bits per heavy atom. The molecule has 0 saturated carbocycles. The summed E-state index contributed by atoms with van der Waals surface area (Å²) in [5.41, 5.74) is 0. The van der Waals surface area contributed by atoms with Crippen molar-refractivity contribution in [2.75, 3.05) is 5.75 Å². The van der Waals surface area contributed by atoms with Crippen LogP contribution in [0.3, 0.4) is 0 Å². The van der Waals surface area contributed by atoms with Crippen molar-refractivity contribution in [1.29, 1.82) is 0 Å². The van der Waals surface area contributed by atoms with Crippen molar-refractivity contribution in [3.05, 3.63) is 17.5 Å². The molecule has 1 rings (SSSR count). The van der Waals surface area contributed by atoms with Gasteiger partial charge in [-0.05, 0) is 11.4 Å². The van der Waals surface area contributed by atoms with E-state index in [1.165, 1.54) is 23.1 Å². The van der Waals surface area contributed by atoms with E-state index < -0.39 is 11.0 Å². The lowest BCUT2D eigenvalue weighted by atomic mass is 10.5. The minimum absolute atomic E-state index is 0.0179. The van der Waals surface area contributed by atoms with Crippen LogP contribution in [0.1, 0.15) is 0 Å². The summed E-state index contributed by atoms with van der Waals surface area (Å²) in [7, 11) is 0. The van der Waals surface area contributed by atoms with Crippen LogP contribution in [0.5, 0.6) is 0 Å². The van der Waals surface area contributed by atoms with Crippen LogP contribution in [-0.2, 0) is 0 Å². The number of halogens is 4. The molecule has 1 atom stereocenters. The second-order valence-corrected chi connectivity index (χ2v) is 5.63. The van der Waals surface area contributed by atoms with Gasteiger partial charge in [-0.15, -0.1) is 23.1 Å². The van der Waals surface area contributed by atoms with Crippen molar-refractivity contribution in [1.82, 2.24) is 0 Å². The van der Waals surface area contributed by atoms with Crippen LogP contribution in [0.4, 0.5) is 13.2 Å². The molecular weight excluding hydrogens is 285 g/mol. The Labute approximate surface area is 90.7 Å². The number of hydrogen-bond donors (Lipinski definition) is 0. The fourth-order valence-electron chi connectivity index (χ4n) is 0.595. The van der Waals surface area contributed by atoms with E-state index in [0.717, 1.165) is 4.21 Å². The zero-order chi connectivity index (χ0) is 9.90. The molecule has 0 amide bonds. The van der Waals surface area contributed by atoms with Crippen molar-refractivity contribution < 1.29 is 13.2 Å². The van der Waals surface area contributed by atoms with E-state index in [9.17, 15) is 13.2 Å². The van der Waals surface area contributed by atoms with Gasteiger partial charge in [-0.2, -0.15) is 13.2 Å². The highest BCUT2D eigenvalue weighted by Gasteiger charge is 2.37. The van der Waals surface area contributed by atoms with Crippen LogP contribution in [0.2, 0.25) is 0 Å². The van der Waals surface area contributed by atoms with Gasteiger partial charge in [-0.3, -0.25) is 0 Å². The molecule has 0 radical (unpaired) electrons. The Balaban J connectivity index is 2.35. The Morgan fingerprint density at radius 1 is 1.54 bits per heavy atom. The summed E-state index contributed by atoms with van der Waals surface area (Å²) < 4.78 is 37.0. The molecule has 1 aromatic rings. The molecule has 74 valence electrons. The van der Waals surface area contributed by atoms with Crippen LogP contribution in [0.25, 0.3) is 0 Å². The fourth-order valence-corrected chi connectivity index (χ4v) is 2.76. The van der Waals surface area contributed by atoms with Gasteiger partial charge in [0, 0.05) is 5.75 Å². The highest BCUT2D eigenvalue weighted by molar-refractivity contribution is 9.09. The summed E-state index contributed by atoms with van der Waals surface area (Å²) in [4.78, 5) is -1.42. The number of thiophene rings is 1. The zero-order valence-corrected chi connectivity index (χ0v) is 9.56. The van der Waals surface area contributed by atoms with Crippen LogP contribution in [-0.4, -0.2) is 16.8 Å². The van der Waals surface area contributed by atoms with Gasteiger partial charge in [0.25, 0.3) is 0 Å². The molecule has 0 aliphatic carbocycles. The van der Waals surface area contributed by atoms with Gasteiger partial charge < -0.3 is 0 Å². The average Bonchev–Trinajstić information content (AvgIpc) is 2.50.